The number of hydrogen-bond acceptors (Lipinski definition) is 4. The van der Waals surface area contributed by atoms with Crippen molar-refractivity contribution in [3.05, 3.63) is 18.2 Å². The van der Waals surface area contributed by atoms with Gasteiger partial charge in [-0.3, -0.25) is 0 Å². The molecule has 1 heterocycles. The van der Waals surface area contributed by atoms with Crippen molar-refractivity contribution in [1.29, 1.82) is 0 Å². The lowest BCUT2D eigenvalue weighted by atomic mass is 10.1. The van der Waals surface area contributed by atoms with E-state index < -0.39 is 0 Å². The molecule has 0 radical (unpaired) electrons. The maximum Gasteiger partial charge on any atom is 0.144 e. The van der Waals surface area contributed by atoms with Crippen LogP contribution in [0.1, 0.15) is 13.3 Å². The van der Waals surface area contributed by atoms with Crippen LogP contribution < -0.4 is 21.5 Å². The summed E-state index contributed by atoms with van der Waals surface area (Å²) in [5, 5.41) is 3.39. The van der Waals surface area contributed by atoms with Crippen LogP contribution in [0.25, 0.3) is 0 Å². The van der Waals surface area contributed by atoms with E-state index >= 15 is 0 Å². The van der Waals surface area contributed by atoms with Gasteiger partial charge in [-0.05, 0) is 32.0 Å². The standard InChI is InChI=1S/C11H17N3O/c1-7-10(4-5-12)15-11-6-8(13)2-3-9(11)14-7/h2-3,6-7,10,14H,4-5,12-13H2,1H3. The zero-order chi connectivity index (χ0) is 10.8. The minimum absolute atomic E-state index is 0.129. The van der Waals surface area contributed by atoms with E-state index in [0.717, 1.165) is 23.5 Å². The first-order valence-electron chi connectivity index (χ1n) is 5.23. The molecule has 2 unspecified atom stereocenters. The summed E-state index contributed by atoms with van der Waals surface area (Å²) in [4.78, 5) is 0. The van der Waals surface area contributed by atoms with Crippen LogP contribution in [-0.4, -0.2) is 18.7 Å². The first kappa shape index (κ1) is 10.1. The summed E-state index contributed by atoms with van der Waals surface area (Å²) in [6, 6.07) is 5.94. The molecule has 15 heavy (non-hydrogen) atoms. The average Bonchev–Trinajstić information content (AvgIpc) is 2.20. The van der Waals surface area contributed by atoms with Gasteiger partial charge in [0.15, 0.2) is 0 Å². The van der Waals surface area contributed by atoms with Crippen molar-refractivity contribution in [3.8, 4) is 5.75 Å². The lowest BCUT2D eigenvalue weighted by Gasteiger charge is -2.33. The number of hydrogen-bond donors (Lipinski definition) is 3. The average molecular weight is 207 g/mol. The van der Waals surface area contributed by atoms with Crippen LogP contribution in [-0.2, 0) is 0 Å². The SMILES string of the molecule is CC1Nc2ccc(N)cc2OC1CCN. The van der Waals surface area contributed by atoms with E-state index in [1.165, 1.54) is 0 Å². The van der Waals surface area contributed by atoms with Crippen molar-refractivity contribution in [1.82, 2.24) is 0 Å². The number of ether oxygens (including phenoxy) is 1. The molecule has 5 N–H and O–H groups in total. The molecule has 1 aliphatic rings. The van der Waals surface area contributed by atoms with Crippen molar-refractivity contribution in [2.45, 2.75) is 25.5 Å². The smallest absolute Gasteiger partial charge is 0.144 e. The molecular formula is C11H17N3O. The maximum absolute atomic E-state index is 5.84. The molecule has 0 aromatic heterocycles. The highest BCUT2D eigenvalue weighted by atomic mass is 16.5. The van der Waals surface area contributed by atoms with Gasteiger partial charge in [0.1, 0.15) is 11.9 Å². The summed E-state index contributed by atoms with van der Waals surface area (Å²) in [5.74, 6) is 0.826. The normalized spacial score (nSPS) is 23.9. The summed E-state index contributed by atoms with van der Waals surface area (Å²) < 4.78 is 5.84. The lowest BCUT2D eigenvalue weighted by molar-refractivity contribution is 0.167. The molecule has 0 amide bonds. The topological polar surface area (TPSA) is 73.3 Å². The largest absolute Gasteiger partial charge is 0.486 e. The minimum atomic E-state index is 0.129. The fourth-order valence-electron chi connectivity index (χ4n) is 1.83. The Morgan fingerprint density at radius 1 is 1.47 bits per heavy atom. The third-order valence-electron chi connectivity index (χ3n) is 2.68. The third-order valence-corrected chi connectivity index (χ3v) is 2.68. The molecule has 0 saturated carbocycles. The Morgan fingerprint density at radius 3 is 3.00 bits per heavy atom. The van der Waals surface area contributed by atoms with Gasteiger partial charge >= 0.3 is 0 Å². The van der Waals surface area contributed by atoms with Crippen molar-refractivity contribution in [2.75, 3.05) is 17.6 Å². The zero-order valence-corrected chi connectivity index (χ0v) is 8.86. The second-order valence-corrected chi connectivity index (χ2v) is 3.92. The number of nitrogens with two attached hydrogens (primary N) is 2. The highest BCUT2D eigenvalue weighted by Crippen LogP contribution is 2.33. The molecule has 0 aliphatic carbocycles. The molecule has 82 valence electrons. The van der Waals surface area contributed by atoms with Gasteiger partial charge in [0.05, 0.1) is 11.7 Å². The summed E-state index contributed by atoms with van der Waals surface area (Å²) in [7, 11) is 0. The second kappa shape index (κ2) is 3.98. The van der Waals surface area contributed by atoms with E-state index in [1.807, 2.05) is 18.2 Å². The van der Waals surface area contributed by atoms with Crippen molar-refractivity contribution in [2.24, 2.45) is 5.73 Å². The first-order chi connectivity index (χ1) is 7.20. The Balaban J connectivity index is 2.22. The highest BCUT2D eigenvalue weighted by Gasteiger charge is 2.25. The van der Waals surface area contributed by atoms with E-state index in [1.54, 1.807) is 0 Å². The molecule has 1 aromatic carbocycles. The summed E-state index contributed by atoms with van der Waals surface area (Å²) in [6.45, 7) is 2.73. The molecule has 4 nitrogen and oxygen atoms in total. The van der Waals surface area contributed by atoms with Crippen LogP contribution in [0.2, 0.25) is 0 Å². The predicted octanol–water partition coefficient (Wildman–Crippen LogP) is 1.18. The molecule has 4 heteroatoms. The quantitative estimate of drug-likeness (QED) is 0.637. The third kappa shape index (κ3) is 1.99. The molecule has 0 fully saturated rings. The van der Waals surface area contributed by atoms with Crippen LogP contribution in [0.3, 0.4) is 0 Å². The molecular weight excluding hydrogens is 190 g/mol. The van der Waals surface area contributed by atoms with Crippen molar-refractivity contribution in [3.63, 3.8) is 0 Å². The van der Waals surface area contributed by atoms with Crippen LogP contribution >= 0.6 is 0 Å². The van der Waals surface area contributed by atoms with E-state index in [4.69, 9.17) is 16.2 Å². The summed E-state index contributed by atoms with van der Waals surface area (Å²) in [5.41, 5.74) is 13.0. The number of benzene rings is 1. The van der Waals surface area contributed by atoms with Gasteiger partial charge in [-0.1, -0.05) is 0 Å². The van der Waals surface area contributed by atoms with Gasteiger partial charge in [-0.15, -0.1) is 0 Å². The number of nitrogen functional groups attached to an aromatic ring is 1. The molecule has 0 bridgehead atoms. The monoisotopic (exact) mass is 207 g/mol. The van der Waals surface area contributed by atoms with Gasteiger partial charge in [-0.2, -0.15) is 0 Å². The summed E-state index contributed by atoms with van der Waals surface area (Å²) in [6.07, 6.45) is 0.979. The fourth-order valence-corrected chi connectivity index (χ4v) is 1.83. The fraction of sp³-hybridized carbons (Fsp3) is 0.455. The lowest BCUT2D eigenvalue weighted by Crippen LogP contribution is -2.40. The molecule has 1 aromatic rings. The van der Waals surface area contributed by atoms with E-state index in [0.29, 0.717) is 6.54 Å². The minimum Gasteiger partial charge on any atom is -0.486 e. The Labute approximate surface area is 89.6 Å². The van der Waals surface area contributed by atoms with Crippen molar-refractivity contribution >= 4 is 11.4 Å². The molecule has 2 atom stereocenters. The van der Waals surface area contributed by atoms with Crippen LogP contribution in [0.4, 0.5) is 11.4 Å². The highest BCUT2D eigenvalue weighted by molar-refractivity contribution is 5.64. The Kier molecular flexibility index (Phi) is 2.68. The van der Waals surface area contributed by atoms with E-state index in [9.17, 15) is 0 Å². The van der Waals surface area contributed by atoms with E-state index in [2.05, 4.69) is 12.2 Å². The van der Waals surface area contributed by atoms with Crippen LogP contribution in [0.15, 0.2) is 18.2 Å². The first-order valence-corrected chi connectivity index (χ1v) is 5.23. The van der Waals surface area contributed by atoms with Gasteiger partial charge < -0.3 is 21.5 Å². The van der Waals surface area contributed by atoms with Gasteiger partial charge in [0.25, 0.3) is 0 Å². The van der Waals surface area contributed by atoms with Gasteiger partial charge in [0, 0.05) is 11.8 Å². The number of nitrogens with one attached hydrogen (secondary N) is 1. The van der Waals surface area contributed by atoms with Crippen molar-refractivity contribution < 1.29 is 4.74 Å². The molecule has 0 spiro atoms. The summed E-state index contributed by atoms with van der Waals surface area (Å²) >= 11 is 0. The number of rotatable bonds is 2. The second-order valence-electron chi connectivity index (χ2n) is 3.92. The Bertz CT molecular complexity index is 354. The number of fused-ring (bicyclic) bond motifs is 1. The molecule has 2 rings (SSSR count). The number of anilines is 2. The molecule has 1 aliphatic heterocycles. The molecule has 0 saturated heterocycles. The van der Waals surface area contributed by atoms with Gasteiger partial charge in [0.2, 0.25) is 0 Å². The van der Waals surface area contributed by atoms with Crippen LogP contribution in [0, 0.1) is 0 Å². The zero-order valence-electron chi connectivity index (χ0n) is 8.86. The van der Waals surface area contributed by atoms with E-state index in [-0.39, 0.29) is 12.1 Å². The predicted molar refractivity (Wildman–Crippen MR) is 62.0 cm³/mol. The Hall–Kier alpha value is -1.42. The Morgan fingerprint density at radius 2 is 2.27 bits per heavy atom. The maximum atomic E-state index is 5.84. The van der Waals surface area contributed by atoms with Crippen LogP contribution in [0.5, 0.6) is 5.75 Å². The van der Waals surface area contributed by atoms with Gasteiger partial charge in [-0.25, -0.2) is 0 Å².